The normalized spacial score (nSPS) is 19.3. The standard InChI is InChI=1S/C29H34ClN3O/c1-21(8-6-9-22(2)18-28(34)32-25-11-7-10-24(30)19-25)12-13-26-23(3)27(14-15-29(26,4)5)33-17-16-31-20-33/h6-13,16-20,27H,14-15H2,1-5H3,(H,32,34). The molecule has 178 valence electrons. The molecule has 1 unspecified atom stereocenters. The summed E-state index contributed by atoms with van der Waals surface area (Å²) in [4.78, 5) is 16.4. The molecule has 0 aliphatic heterocycles. The van der Waals surface area contributed by atoms with Crippen molar-refractivity contribution in [2.75, 3.05) is 5.32 Å². The maximum Gasteiger partial charge on any atom is 0.248 e. The van der Waals surface area contributed by atoms with Gasteiger partial charge >= 0.3 is 0 Å². The highest BCUT2D eigenvalue weighted by Crippen LogP contribution is 2.45. The van der Waals surface area contributed by atoms with Gasteiger partial charge in [0.1, 0.15) is 0 Å². The van der Waals surface area contributed by atoms with Gasteiger partial charge in [0.05, 0.1) is 12.4 Å². The molecule has 0 bridgehead atoms. The Morgan fingerprint density at radius 3 is 2.74 bits per heavy atom. The number of hydrogen-bond acceptors (Lipinski definition) is 2. The molecule has 0 radical (unpaired) electrons. The number of aromatic nitrogens is 2. The maximum absolute atomic E-state index is 12.2. The zero-order valence-corrected chi connectivity index (χ0v) is 21.4. The smallest absolute Gasteiger partial charge is 0.248 e. The predicted molar refractivity (Wildman–Crippen MR) is 143 cm³/mol. The van der Waals surface area contributed by atoms with Gasteiger partial charge < -0.3 is 9.88 Å². The number of carbonyl (C=O) groups excluding carboxylic acids is 1. The van der Waals surface area contributed by atoms with E-state index < -0.39 is 0 Å². The van der Waals surface area contributed by atoms with E-state index in [9.17, 15) is 4.79 Å². The summed E-state index contributed by atoms with van der Waals surface area (Å²) in [5.41, 5.74) is 5.62. The summed E-state index contributed by atoms with van der Waals surface area (Å²) in [7, 11) is 0. The molecule has 0 spiro atoms. The van der Waals surface area contributed by atoms with Gasteiger partial charge in [-0.2, -0.15) is 0 Å². The fourth-order valence-corrected chi connectivity index (χ4v) is 4.56. The van der Waals surface area contributed by atoms with Gasteiger partial charge in [-0.3, -0.25) is 4.79 Å². The summed E-state index contributed by atoms with van der Waals surface area (Å²) in [6.45, 7) is 10.9. The van der Waals surface area contributed by atoms with Gasteiger partial charge in [-0.25, -0.2) is 4.98 Å². The third kappa shape index (κ3) is 6.94. The number of hydrogen-bond donors (Lipinski definition) is 1. The monoisotopic (exact) mass is 475 g/mol. The van der Waals surface area contributed by atoms with Gasteiger partial charge in [0.25, 0.3) is 0 Å². The Morgan fingerprint density at radius 1 is 1.24 bits per heavy atom. The van der Waals surface area contributed by atoms with Crippen molar-refractivity contribution < 1.29 is 4.79 Å². The first-order chi connectivity index (χ1) is 16.2. The van der Waals surface area contributed by atoms with Crippen LogP contribution < -0.4 is 5.32 Å². The lowest BCUT2D eigenvalue weighted by atomic mass is 9.71. The van der Waals surface area contributed by atoms with E-state index in [-0.39, 0.29) is 11.3 Å². The van der Waals surface area contributed by atoms with Crippen LogP contribution in [0, 0.1) is 5.41 Å². The number of allylic oxidation sites excluding steroid dienone is 9. The van der Waals surface area contributed by atoms with Crippen LogP contribution in [0.15, 0.2) is 102 Å². The summed E-state index contributed by atoms with van der Waals surface area (Å²) in [5, 5.41) is 3.41. The van der Waals surface area contributed by atoms with Crippen LogP contribution in [-0.4, -0.2) is 15.5 Å². The molecule has 2 aromatic rings. The van der Waals surface area contributed by atoms with Gasteiger partial charge in [-0.15, -0.1) is 0 Å². The zero-order chi connectivity index (χ0) is 24.7. The van der Waals surface area contributed by atoms with Crippen molar-refractivity contribution in [2.45, 2.75) is 53.5 Å². The first kappa shape index (κ1) is 25.5. The van der Waals surface area contributed by atoms with Crippen molar-refractivity contribution in [2.24, 2.45) is 5.41 Å². The molecule has 1 N–H and O–H groups in total. The van der Waals surface area contributed by atoms with E-state index in [1.165, 1.54) is 11.1 Å². The Bertz CT molecular complexity index is 1160. The van der Waals surface area contributed by atoms with Gasteiger partial charge in [0.15, 0.2) is 0 Å². The minimum absolute atomic E-state index is 0.142. The number of carbonyl (C=O) groups is 1. The summed E-state index contributed by atoms with van der Waals surface area (Å²) >= 11 is 5.97. The minimum Gasteiger partial charge on any atom is -0.330 e. The van der Waals surface area contributed by atoms with E-state index in [0.29, 0.717) is 16.8 Å². The molecule has 0 saturated heterocycles. The molecule has 1 aromatic heterocycles. The van der Waals surface area contributed by atoms with Gasteiger partial charge in [-0.05, 0) is 73.9 Å². The number of nitrogens with one attached hydrogen (secondary N) is 1. The number of imidazole rings is 1. The molecule has 1 aliphatic carbocycles. The van der Waals surface area contributed by atoms with Crippen molar-refractivity contribution in [1.82, 2.24) is 9.55 Å². The highest BCUT2D eigenvalue weighted by Gasteiger charge is 2.32. The topological polar surface area (TPSA) is 46.9 Å². The maximum atomic E-state index is 12.2. The molecule has 1 heterocycles. The SMILES string of the molecule is CC(C=CC1=C(C)C(n2ccnc2)CCC1(C)C)=CC=CC(C)=CC(=O)Nc1cccc(Cl)c1. The average Bonchev–Trinajstić information content (AvgIpc) is 3.27. The van der Waals surface area contributed by atoms with E-state index >= 15 is 0 Å². The van der Waals surface area contributed by atoms with Crippen LogP contribution in [0.1, 0.15) is 53.5 Å². The quantitative estimate of drug-likeness (QED) is 0.327. The lowest BCUT2D eigenvalue weighted by Gasteiger charge is -2.37. The molecule has 3 rings (SSSR count). The highest BCUT2D eigenvalue weighted by atomic mass is 35.5. The molecule has 1 atom stereocenters. The first-order valence-corrected chi connectivity index (χ1v) is 12.0. The van der Waals surface area contributed by atoms with Gasteiger partial charge in [-0.1, -0.05) is 67.5 Å². The highest BCUT2D eigenvalue weighted by molar-refractivity contribution is 6.30. The van der Waals surface area contributed by atoms with Crippen molar-refractivity contribution in [3.8, 4) is 0 Å². The fourth-order valence-electron chi connectivity index (χ4n) is 4.37. The number of halogens is 1. The summed E-state index contributed by atoms with van der Waals surface area (Å²) in [6.07, 6.45) is 20.0. The molecule has 4 nitrogen and oxygen atoms in total. The molecule has 0 fully saturated rings. The second kappa shape index (κ2) is 11.3. The number of amides is 1. The third-order valence-corrected chi connectivity index (χ3v) is 6.50. The van der Waals surface area contributed by atoms with E-state index in [0.717, 1.165) is 24.0 Å². The Hall–Kier alpha value is -3.11. The van der Waals surface area contributed by atoms with Crippen molar-refractivity contribution in [3.05, 3.63) is 107 Å². The molecule has 34 heavy (non-hydrogen) atoms. The molecule has 1 aliphatic rings. The molecule has 5 heteroatoms. The van der Waals surface area contributed by atoms with Crippen LogP contribution in [0.5, 0.6) is 0 Å². The van der Waals surface area contributed by atoms with Crippen LogP contribution in [-0.2, 0) is 4.79 Å². The lowest BCUT2D eigenvalue weighted by Crippen LogP contribution is -2.25. The van der Waals surface area contributed by atoms with Crippen LogP contribution in [0.3, 0.4) is 0 Å². The molecular weight excluding hydrogens is 442 g/mol. The van der Waals surface area contributed by atoms with E-state index in [1.54, 1.807) is 24.3 Å². The molecule has 1 amide bonds. The summed E-state index contributed by atoms with van der Waals surface area (Å²) < 4.78 is 2.21. The second-order valence-corrected chi connectivity index (χ2v) is 9.97. The summed E-state index contributed by atoms with van der Waals surface area (Å²) in [6, 6.07) is 7.47. The van der Waals surface area contributed by atoms with E-state index in [2.05, 4.69) is 67.0 Å². The van der Waals surface area contributed by atoms with Gasteiger partial charge in [0.2, 0.25) is 5.91 Å². The van der Waals surface area contributed by atoms with Crippen molar-refractivity contribution in [3.63, 3.8) is 0 Å². The summed E-state index contributed by atoms with van der Waals surface area (Å²) in [5.74, 6) is -0.181. The number of anilines is 1. The Morgan fingerprint density at radius 2 is 2.03 bits per heavy atom. The molecular formula is C29H34ClN3O. The predicted octanol–water partition coefficient (Wildman–Crippen LogP) is 7.86. The molecule has 1 aromatic carbocycles. The van der Waals surface area contributed by atoms with Crippen molar-refractivity contribution >= 4 is 23.2 Å². The largest absolute Gasteiger partial charge is 0.330 e. The van der Waals surface area contributed by atoms with E-state index in [4.69, 9.17) is 11.6 Å². The van der Waals surface area contributed by atoms with Crippen LogP contribution in [0.4, 0.5) is 5.69 Å². The minimum atomic E-state index is -0.181. The third-order valence-electron chi connectivity index (χ3n) is 6.26. The molecule has 0 saturated carbocycles. The number of benzene rings is 1. The Balaban J connectivity index is 1.66. The second-order valence-electron chi connectivity index (χ2n) is 9.54. The number of nitrogens with zero attached hydrogens (tertiary/aromatic N) is 2. The van der Waals surface area contributed by atoms with Crippen molar-refractivity contribution in [1.29, 1.82) is 0 Å². The fraction of sp³-hybridized carbons (Fsp3) is 0.310. The van der Waals surface area contributed by atoms with Gasteiger partial charge in [0, 0.05) is 29.2 Å². The number of rotatable bonds is 7. The lowest BCUT2D eigenvalue weighted by molar-refractivity contribution is -0.111. The Kier molecular flexibility index (Phi) is 8.51. The van der Waals surface area contributed by atoms with Crippen LogP contribution in [0.25, 0.3) is 0 Å². The zero-order valence-electron chi connectivity index (χ0n) is 20.7. The average molecular weight is 476 g/mol. The van der Waals surface area contributed by atoms with E-state index in [1.807, 2.05) is 37.7 Å². The Labute approximate surface area is 208 Å². The van der Waals surface area contributed by atoms with Crippen LogP contribution in [0.2, 0.25) is 5.02 Å². The first-order valence-electron chi connectivity index (χ1n) is 11.6. The van der Waals surface area contributed by atoms with Crippen LogP contribution >= 0.6 is 11.6 Å².